The van der Waals surface area contributed by atoms with Crippen LogP contribution < -0.4 is 5.32 Å². The first-order valence-corrected chi connectivity index (χ1v) is 9.31. The van der Waals surface area contributed by atoms with Gasteiger partial charge >= 0.3 is 6.09 Å². The van der Waals surface area contributed by atoms with E-state index in [1.54, 1.807) is 16.6 Å². The summed E-state index contributed by atoms with van der Waals surface area (Å²) in [6.45, 7) is 2.23. The van der Waals surface area contributed by atoms with E-state index in [4.69, 9.17) is 9.47 Å². The SMILES string of the molecule is O=C(N[C@@H](Cc1ccccc1)C(=O)N1CCOCC1)OCc1cncs1. The van der Waals surface area contributed by atoms with E-state index in [9.17, 15) is 9.59 Å². The Morgan fingerprint density at radius 1 is 1.27 bits per heavy atom. The number of thiazole rings is 1. The minimum absolute atomic E-state index is 0.119. The van der Waals surface area contributed by atoms with Crippen molar-refractivity contribution in [1.82, 2.24) is 15.2 Å². The predicted octanol–water partition coefficient (Wildman–Crippen LogP) is 1.84. The van der Waals surface area contributed by atoms with Gasteiger partial charge in [-0.1, -0.05) is 30.3 Å². The van der Waals surface area contributed by atoms with Crippen molar-refractivity contribution in [2.75, 3.05) is 26.3 Å². The Labute approximate surface area is 155 Å². The molecule has 2 amide bonds. The zero-order valence-corrected chi connectivity index (χ0v) is 15.1. The van der Waals surface area contributed by atoms with E-state index in [-0.39, 0.29) is 12.5 Å². The molecule has 2 heterocycles. The molecule has 7 nitrogen and oxygen atoms in total. The Bertz CT molecular complexity index is 702. The molecule has 1 fully saturated rings. The fraction of sp³-hybridized carbons (Fsp3) is 0.389. The van der Waals surface area contributed by atoms with Gasteiger partial charge in [-0.25, -0.2) is 4.79 Å². The quantitative estimate of drug-likeness (QED) is 0.833. The monoisotopic (exact) mass is 375 g/mol. The fourth-order valence-electron chi connectivity index (χ4n) is 2.69. The highest BCUT2D eigenvalue weighted by Crippen LogP contribution is 2.10. The van der Waals surface area contributed by atoms with Crippen LogP contribution >= 0.6 is 11.3 Å². The van der Waals surface area contributed by atoms with Crippen LogP contribution in [0.15, 0.2) is 42.0 Å². The lowest BCUT2D eigenvalue weighted by Crippen LogP contribution is -2.52. The van der Waals surface area contributed by atoms with Crippen LogP contribution in [0.4, 0.5) is 4.79 Å². The van der Waals surface area contributed by atoms with Crippen LogP contribution in [0.25, 0.3) is 0 Å². The molecule has 1 saturated heterocycles. The van der Waals surface area contributed by atoms with Crippen molar-refractivity contribution in [3.05, 3.63) is 52.5 Å². The van der Waals surface area contributed by atoms with E-state index in [2.05, 4.69) is 10.3 Å². The maximum Gasteiger partial charge on any atom is 0.408 e. The lowest BCUT2D eigenvalue weighted by molar-refractivity contribution is -0.137. The summed E-state index contributed by atoms with van der Waals surface area (Å²) < 4.78 is 10.5. The van der Waals surface area contributed by atoms with Crippen LogP contribution in [0.1, 0.15) is 10.4 Å². The molecule has 1 aromatic heterocycles. The van der Waals surface area contributed by atoms with Gasteiger partial charge in [0, 0.05) is 25.7 Å². The van der Waals surface area contributed by atoms with E-state index in [1.807, 2.05) is 30.3 Å². The standard InChI is InChI=1S/C18H21N3O4S/c22-17(21-6-8-24-9-7-21)16(10-14-4-2-1-3-5-14)20-18(23)25-12-15-11-19-13-26-15/h1-5,11,13,16H,6-10,12H2,(H,20,23)/t16-/m0/s1. The summed E-state index contributed by atoms with van der Waals surface area (Å²) in [6, 6.07) is 8.93. The number of alkyl carbamates (subject to hydrolysis) is 1. The minimum Gasteiger partial charge on any atom is -0.444 e. The molecule has 1 aromatic carbocycles. The molecule has 26 heavy (non-hydrogen) atoms. The first-order chi connectivity index (χ1) is 12.7. The number of rotatable bonds is 6. The largest absolute Gasteiger partial charge is 0.444 e. The molecule has 0 saturated carbocycles. The van der Waals surface area contributed by atoms with E-state index < -0.39 is 12.1 Å². The average molecular weight is 375 g/mol. The van der Waals surface area contributed by atoms with E-state index in [1.165, 1.54) is 11.3 Å². The highest BCUT2D eigenvalue weighted by molar-refractivity contribution is 7.09. The number of carbonyl (C=O) groups excluding carboxylic acids is 2. The molecule has 1 N–H and O–H groups in total. The molecule has 8 heteroatoms. The number of benzene rings is 1. The molecule has 2 aromatic rings. The first-order valence-electron chi connectivity index (χ1n) is 8.43. The molecule has 1 aliphatic rings. The van der Waals surface area contributed by atoms with E-state index in [0.717, 1.165) is 10.4 Å². The number of aromatic nitrogens is 1. The molecule has 0 aliphatic carbocycles. The second-order valence-corrected chi connectivity index (χ2v) is 6.84. The average Bonchev–Trinajstić information content (AvgIpc) is 3.20. The predicted molar refractivity (Wildman–Crippen MR) is 96.8 cm³/mol. The summed E-state index contributed by atoms with van der Waals surface area (Å²) >= 11 is 1.41. The third-order valence-electron chi connectivity index (χ3n) is 4.02. The number of carbonyl (C=O) groups is 2. The van der Waals surface area contributed by atoms with Gasteiger partial charge in [0.25, 0.3) is 0 Å². The van der Waals surface area contributed by atoms with Gasteiger partial charge in [0.1, 0.15) is 12.6 Å². The maximum absolute atomic E-state index is 12.9. The molecular formula is C18H21N3O4S. The number of morpholine rings is 1. The molecular weight excluding hydrogens is 354 g/mol. The highest BCUT2D eigenvalue weighted by Gasteiger charge is 2.28. The molecule has 1 aliphatic heterocycles. The van der Waals surface area contributed by atoms with Crippen LogP contribution in [-0.4, -0.2) is 54.2 Å². The highest BCUT2D eigenvalue weighted by atomic mass is 32.1. The van der Waals surface area contributed by atoms with E-state index in [0.29, 0.717) is 32.7 Å². The Hall–Kier alpha value is -2.45. The number of nitrogens with zero attached hydrogens (tertiary/aromatic N) is 2. The van der Waals surface area contributed by atoms with Crippen LogP contribution in [0, 0.1) is 0 Å². The van der Waals surface area contributed by atoms with Crippen molar-refractivity contribution >= 4 is 23.3 Å². The summed E-state index contributed by atoms with van der Waals surface area (Å²) in [7, 11) is 0. The molecule has 1 atom stereocenters. The number of amides is 2. The Kier molecular flexibility index (Phi) is 6.56. The van der Waals surface area contributed by atoms with Crippen molar-refractivity contribution in [3.8, 4) is 0 Å². The normalized spacial score (nSPS) is 15.3. The molecule has 0 unspecified atom stereocenters. The summed E-state index contributed by atoms with van der Waals surface area (Å²) in [5, 5.41) is 2.72. The van der Waals surface area contributed by atoms with Crippen LogP contribution in [0.2, 0.25) is 0 Å². The Balaban J connectivity index is 1.63. The number of nitrogens with one attached hydrogen (secondary N) is 1. The summed E-state index contributed by atoms with van der Waals surface area (Å²) in [5.74, 6) is -0.119. The zero-order valence-electron chi connectivity index (χ0n) is 14.3. The molecule has 138 valence electrons. The van der Waals surface area contributed by atoms with Gasteiger partial charge in [0.2, 0.25) is 5.91 Å². The van der Waals surface area contributed by atoms with E-state index >= 15 is 0 Å². The smallest absolute Gasteiger partial charge is 0.408 e. The maximum atomic E-state index is 12.9. The third kappa shape index (κ3) is 5.27. The Morgan fingerprint density at radius 2 is 2.04 bits per heavy atom. The van der Waals surface area contributed by atoms with Gasteiger partial charge in [-0.05, 0) is 5.56 Å². The zero-order chi connectivity index (χ0) is 18.2. The van der Waals surface area contributed by atoms with Crippen molar-refractivity contribution < 1.29 is 19.1 Å². The second kappa shape index (κ2) is 9.30. The van der Waals surface area contributed by atoms with Gasteiger partial charge < -0.3 is 19.7 Å². The number of ether oxygens (including phenoxy) is 2. The summed E-state index contributed by atoms with van der Waals surface area (Å²) in [5.41, 5.74) is 2.65. The van der Waals surface area contributed by atoms with Gasteiger partial charge in [-0.2, -0.15) is 0 Å². The van der Waals surface area contributed by atoms with Crippen LogP contribution in [-0.2, 0) is 27.3 Å². The van der Waals surface area contributed by atoms with Gasteiger partial charge in [0.15, 0.2) is 0 Å². The minimum atomic E-state index is -0.676. The summed E-state index contributed by atoms with van der Waals surface area (Å²) in [6.07, 6.45) is 1.45. The van der Waals surface area contributed by atoms with Crippen LogP contribution in [0.3, 0.4) is 0 Å². The topological polar surface area (TPSA) is 80.8 Å². The molecule has 0 radical (unpaired) electrons. The van der Waals surface area contributed by atoms with Gasteiger partial charge in [-0.15, -0.1) is 11.3 Å². The molecule has 0 bridgehead atoms. The van der Waals surface area contributed by atoms with Crippen molar-refractivity contribution in [1.29, 1.82) is 0 Å². The lowest BCUT2D eigenvalue weighted by atomic mass is 10.0. The first kappa shape index (κ1) is 18.3. The van der Waals surface area contributed by atoms with Gasteiger partial charge in [-0.3, -0.25) is 9.78 Å². The Morgan fingerprint density at radius 3 is 2.73 bits per heavy atom. The van der Waals surface area contributed by atoms with Crippen molar-refractivity contribution in [3.63, 3.8) is 0 Å². The van der Waals surface area contributed by atoms with Gasteiger partial charge in [0.05, 0.1) is 23.6 Å². The number of hydrogen-bond donors (Lipinski definition) is 1. The summed E-state index contributed by atoms with van der Waals surface area (Å²) in [4.78, 5) is 31.6. The molecule has 3 rings (SSSR count). The van der Waals surface area contributed by atoms with Crippen molar-refractivity contribution in [2.24, 2.45) is 0 Å². The van der Waals surface area contributed by atoms with Crippen molar-refractivity contribution in [2.45, 2.75) is 19.1 Å². The number of hydrogen-bond acceptors (Lipinski definition) is 6. The third-order valence-corrected chi connectivity index (χ3v) is 4.78. The fourth-order valence-corrected chi connectivity index (χ4v) is 3.19. The van der Waals surface area contributed by atoms with Crippen LogP contribution in [0.5, 0.6) is 0 Å². The molecule has 0 spiro atoms. The lowest BCUT2D eigenvalue weighted by Gasteiger charge is -2.30. The second-order valence-electron chi connectivity index (χ2n) is 5.87.